The number of nitrogens with two attached hydrogens (primary N) is 1. The van der Waals surface area contributed by atoms with Crippen molar-refractivity contribution in [1.29, 1.82) is 0 Å². The molecule has 0 atom stereocenters. The first-order valence-corrected chi connectivity index (χ1v) is 7.26. The zero-order chi connectivity index (χ0) is 16.5. The molecule has 122 valence electrons. The van der Waals surface area contributed by atoms with Crippen LogP contribution in [0.4, 0.5) is 19.3 Å². The quantitative estimate of drug-likeness (QED) is 0.809. The minimum atomic E-state index is -1.14. The number of nitrogen functional groups attached to an aromatic ring is 1. The SMILES string of the molecule is CC(C)(C)OC(=O)N1CCC(c2nc(F)c(F)cc2N)CC1. The van der Waals surface area contributed by atoms with Gasteiger partial charge in [-0.15, -0.1) is 0 Å². The Balaban J connectivity index is 2.01. The molecule has 0 aromatic carbocycles. The van der Waals surface area contributed by atoms with E-state index in [9.17, 15) is 13.6 Å². The number of ether oxygens (including phenoxy) is 1. The maximum Gasteiger partial charge on any atom is 0.410 e. The number of piperidine rings is 1. The molecule has 1 saturated heterocycles. The first kappa shape index (κ1) is 16.5. The summed E-state index contributed by atoms with van der Waals surface area (Å²) >= 11 is 0. The molecule has 0 radical (unpaired) electrons. The summed E-state index contributed by atoms with van der Waals surface area (Å²) < 4.78 is 31.7. The van der Waals surface area contributed by atoms with Gasteiger partial charge >= 0.3 is 6.09 Å². The fourth-order valence-corrected chi connectivity index (χ4v) is 2.48. The Bertz CT molecular complexity index is 565. The molecular weight excluding hydrogens is 292 g/mol. The van der Waals surface area contributed by atoms with Crippen molar-refractivity contribution in [2.24, 2.45) is 0 Å². The minimum absolute atomic E-state index is 0.0891. The molecule has 1 aromatic heterocycles. The molecule has 1 aliphatic heterocycles. The van der Waals surface area contributed by atoms with E-state index in [1.54, 1.807) is 4.90 Å². The average Bonchev–Trinajstić information content (AvgIpc) is 2.41. The Morgan fingerprint density at radius 2 is 1.95 bits per heavy atom. The largest absolute Gasteiger partial charge is 0.444 e. The third-order valence-electron chi connectivity index (χ3n) is 3.53. The lowest BCUT2D eigenvalue weighted by Crippen LogP contribution is -2.41. The highest BCUT2D eigenvalue weighted by atomic mass is 19.2. The zero-order valence-electron chi connectivity index (χ0n) is 13.0. The Morgan fingerprint density at radius 1 is 1.36 bits per heavy atom. The number of halogens is 2. The second-order valence-corrected chi connectivity index (χ2v) is 6.48. The van der Waals surface area contributed by atoms with Gasteiger partial charge < -0.3 is 15.4 Å². The molecule has 7 heteroatoms. The van der Waals surface area contributed by atoms with Crippen molar-refractivity contribution >= 4 is 11.8 Å². The number of nitrogens with zero attached hydrogens (tertiary/aromatic N) is 2. The monoisotopic (exact) mass is 313 g/mol. The third kappa shape index (κ3) is 3.84. The zero-order valence-corrected chi connectivity index (χ0v) is 13.0. The van der Waals surface area contributed by atoms with E-state index < -0.39 is 17.4 Å². The summed E-state index contributed by atoms with van der Waals surface area (Å²) in [6.07, 6.45) is 0.806. The maximum absolute atomic E-state index is 13.3. The molecule has 0 aliphatic carbocycles. The van der Waals surface area contributed by atoms with Gasteiger partial charge in [0.25, 0.3) is 0 Å². The molecule has 5 nitrogen and oxygen atoms in total. The summed E-state index contributed by atoms with van der Waals surface area (Å²) in [5, 5.41) is 0. The van der Waals surface area contributed by atoms with Gasteiger partial charge in [0.1, 0.15) is 5.60 Å². The van der Waals surface area contributed by atoms with E-state index in [2.05, 4.69) is 4.98 Å². The summed E-state index contributed by atoms with van der Waals surface area (Å²) in [5.74, 6) is -2.28. The molecular formula is C15H21F2N3O2. The first-order valence-electron chi connectivity index (χ1n) is 7.26. The molecule has 2 N–H and O–H groups in total. The van der Waals surface area contributed by atoms with Crippen LogP contribution in [0.2, 0.25) is 0 Å². The van der Waals surface area contributed by atoms with E-state index in [1.807, 2.05) is 20.8 Å². The van der Waals surface area contributed by atoms with Crippen molar-refractivity contribution in [2.75, 3.05) is 18.8 Å². The van der Waals surface area contributed by atoms with Crippen LogP contribution in [0, 0.1) is 11.8 Å². The third-order valence-corrected chi connectivity index (χ3v) is 3.53. The average molecular weight is 313 g/mol. The second kappa shape index (κ2) is 6.06. The molecule has 2 rings (SSSR count). The number of carbonyl (C=O) groups excluding carboxylic acids is 1. The lowest BCUT2D eigenvalue weighted by atomic mass is 9.92. The lowest BCUT2D eigenvalue weighted by Gasteiger charge is -2.33. The number of pyridine rings is 1. The van der Waals surface area contributed by atoms with Crippen LogP contribution in [0.25, 0.3) is 0 Å². The van der Waals surface area contributed by atoms with Crippen LogP contribution < -0.4 is 5.73 Å². The number of likely N-dealkylation sites (tertiary alicyclic amines) is 1. The van der Waals surface area contributed by atoms with Gasteiger partial charge in [0.15, 0.2) is 5.82 Å². The highest BCUT2D eigenvalue weighted by Gasteiger charge is 2.29. The second-order valence-electron chi connectivity index (χ2n) is 6.48. The van der Waals surface area contributed by atoms with E-state index in [0.29, 0.717) is 31.6 Å². The van der Waals surface area contributed by atoms with Gasteiger partial charge in [0.05, 0.1) is 11.4 Å². The molecule has 0 bridgehead atoms. The number of carbonyl (C=O) groups is 1. The summed E-state index contributed by atoms with van der Waals surface area (Å²) in [7, 11) is 0. The topological polar surface area (TPSA) is 68.5 Å². The van der Waals surface area contributed by atoms with E-state index in [4.69, 9.17) is 10.5 Å². The van der Waals surface area contributed by atoms with Gasteiger partial charge in [-0.05, 0) is 33.6 Å². The normalized spacial score (nSPS) is 16.7. The number of amides is 1. The number of rotatable bonds is 1. The Morgan fingerprint density at radius 3 is 2.50 bits per heavy atom. The van der Waals surface area contributed by atoms with Gasteiger partial charge in [0, 0.05) is 25.1 Å². The van der Waals surface area contributed by atoms with Gasteiger partial charge in [-0.1, -0.05) is 0 Å². The van der Waals surface area contributed by atoms with Gasteiger partial charge in [-0.25, -0.2) is 14.2 Å². The lowest BCUT2D eigenvalue weighted by molar-refractivity contribution is 0.0204. The predicted molar refractivity (Wildman–Crippen MR) is 78.3 cm³/mol. The van der Waals surface area contributed by atoms with Crippen LogP contribution >= 0.6 is 0 Å². The molecule has 1 aromatic rings. The van der Waals surface area contributed by atoms with Crippen molar-refractivity contribution < 1.29 is 18.3 Å². The number of aromatic nitrogens is 1. The number of hydrogen-bond donors (Lipinski definition) is 1. The minimum Gasteiger partial charge on any atom is -0.444 e. The van der Waals surface area contributed by atoms with Gasteiger partial charge in [-0.3, -0.25) is 0 Å². The van der Waals surface area contributed by atoms with Crippen LogP contribution in [0.5, 0.6) is 0 Å². The highest BCUT2D eigenvalue weighted by molar-refractivity contribution is 5.68. The predicted octanol–water partition coefficient (Wildman–Crippen LogP) is 3.06. The molecule has 0 unspecified atom stereocenters. The van der Waals surface area contributed by atoms with E-state index >= 15 is 0 Å². The summed E-state index contributed by atoms with van der Waals surface area (Å²) in [4.78, 5) is 17.2. The molecule has 22 heavy (non-hydrogen) atoms. The molecule has 1 fully saturated rings. The van der Waals surface area contributed by atoms with Crippen molar-refractivity contribution in [3.63, 3.8) is 0 Å². The van der Waals surface area contributed by atoms with Crippen molar-refractivity contribution in [2.45, 2.75) is 45.1 Å². The maximum atomic E-state index is 13.3. The van der Waals surface area contributed by atoms with Crippen LogP contribution in [0.15, 0.2) is 6.07 Å². The highest BCUT2D eigenvalue weighted by Crippen LogP contribution is 2.31. The van der Waals surface area contributed by atoms with Crippen molar-refractivity contribution in [1.82, 2.24) is 9.88 Å². The molecule has 0 saturated carbocycles. The van der Waals surface area contributed by atoms with Crippen LogP contribution in [-0.4, -0.2) is 34.7 Å². The summed E-state index contributed by atoms with van der Waals surface area (Å²) in [6, 6.07) is 0.956. The summed E-state index contributed by atoms with van der Waals surface area (Å²) in [6.45, 7) is 6.37. The fraction of sp³-hybridized carbons (Fsp3) is 0.600. The molecule has 0 spiro atoms. The fourth-order valence-electron chi connectivity index (χ4n) is 2.48. The smallest absolute Gasteiger partial charge is 0.410 e. The van der Waals surface area contributed by atoms with Crippen LogP contribution in [0.1, 0.15) is 45.2 Å². The van der Waals surface area contributed by atoms with Gasteiger partial charge in [-0.2, -0.15) is 4.39 Å². The van der Waals surface area contributed by atoms with Crippen LogP contribution in [0.3, 0.4) is 0 Å². The Kier molecular flexibility index (Phi) is 4.53. The standard InChI is InChI=1S/C15H21F2N3O2/c1-15(2,3)22-14(21)20-6-4-9(5-7-20)12-11(18)8-10(16)13(17)19-12/h8-9H,4-7,18H2,1-3H3. The van der Waals surface area contributed by atoms with Gasteiger partial charge in [0.2, 0.25) is 5.95 Å². The Hall–Kier alpha value is -1.92. The summed E-state index contributed by atoms with van der Waals surface area (Å²) in [5.41, 5.74) is 5.69. The van der Waals surface area contributed by atoms with Crippen LogP contribution in [-0.2, 0) is 4.74 Å². The van der Waals surface area contributed by atoms with Crippen molar-refractivity contribution in [3.05, 3.63) is 23.5 Å². The first-order chi connectivity index (χ1) is 10.2. The van der Waals surface area contributed by atoms with E-state index in [0.717, 1.165) is 6.07 Å². The molecule has 1 aliphatic rings. The number of anilines is 1. The van der Waals surface area contributed by atoms with E-state index in [-0.39, 0.29) is 17.7 Å². The van der Waals surface area contributed by atoms with E-state index in [1.165, 1.54) is 0 Å². The van der Waals surface area contributed by atoms with Crippen molar-refractivity contribution in [3.8, 4) is 0 Å². The number of hydrogen-bond acceptors (Lipinski definition) is 4. The Labute approximate surface area is 128 Å². The molecule has 2 heterocycles. The molecule has 1 amide bonds.